The third-order valence-electron chi connectivity index (χ3n) is 4.08. The van der Waals surface area contributed by atoms with E-state index in [1.165, 1.54) is 12.8 Å². The molecule has 144 valence electrons. The first kappa shape index (κ1) is 23.1. The zero-order valence-electron chi connectivity index (χ0n) is 13.9. The van der Waals surface area contributed by atoms with Gasteiger partial charge in [0, 0.05) is 36.0 Å². The molecule has 1 heterocycles. The summed E-state index contributed by atoms with van der Waals surface area (Å²) in [5, 5.41) is 3.92. The third-order valence-corrected chi connectivity index (χ3v) is 4.63. The molecule has 1 aliphatic rings. The van der Waals surface area contributed by atoms with Gasteiger partial charge in [0.15, 0.2) is 11.7 Å². The lowest BCUT2D eigenvalue weighted by Crippen LogP contribution is -2.38. The largest absolute Gasteiger partial charge is 0.441 e. The summed E-state index contributed by atoms with van der Waals surface area (Å²) in [6, 6.07) is 5.23. The van der Waals surface area contributed by atoms with Crippen molar-refractivity contribution in [3.8, 4) is 11.3 Å². The van der Waals surface area contributed by atoms with Crippen LogP contribution in [0.2, 0.25) is 10.0 Å². The summed E-state index contributed by atoms with van der Waals surface area (Å²) in [4.78, 5) is 16.1. The third kappa shape index (κ3) is 6.32. The van der Waals surface area contributed by atoms with Crippen LogP contribution < -0.4 is 11.1 Å². The number of aromatic nitrogens is 1. The van der Waals surface area contributed by atoms with Crippen molar-refractivity contribution in [2.45, 2.75) is 31.7 Å². The maximum absolute atomic E-state index is 11.9. The number of halogens is 4. The van der Waals surface area contributed by atoms with Gasteiger partial charge in [0.2, 0.25) is 5.91 Å². The van der Waals surface area contributed by atoms with Gasteiger partial charge >= 0.3 is 0 Å². The average molecular weight is 441 g/mol. The van der Waals surface area contributed by atoms with E-state index in [1.54, 1.807) is 24.4 Å². The zero-order chi connectivity index (χ0) is 17.1. The standard InChI is InChI=1S/C17H19Cl2N3O2.2ClH/c18-11-3-4-12(13(19)7-11)15-9-22-17(24-15)6-5-16(23)21-8-14(20)10-1-2-10;;/h3-4,7,9-10,14H,1-2,5-6,8,20H2,(H,21,23);2*1H. The second-order valence-electron chi connectivity index (χ2n) is 6.05. The van der Waals surface area contributed by atoms with Gasteiger partial charge in [0.1, 0.15) is 0 Å². The van der Waals surface area contributed by atoms with E-state index in [2.05, 4.69) is 10.3 Å². The second-order valence-corrected chi connectivity index (χ2v) is 6.89. The van der Waals surface area contributed by atoms with Crippen LogP contribution in [0.5, 0.6) is 0 Å². The molecule has 9 heteroatoms. The van der Waals surface area contributed by atoms with Crippen molar-refractivity contribution in [1.82, 2.24) is 10.3 Å². The van der Waals surface area contributed by atoms with Crippen LogP contribution in [0.4, 0.5) is 0 Å². The van der Waals surface area contributed by atoms with Crippen molar-refractivity contribution in [3.63, 3.8) is 0 Å². The Morgan fingerprint density at radius 2 is 2.08 bits per heavy atom. The summed E-state index contributed by atoms with van der Waals surface area (Å²) in [6.07, 6.45) is 4.68. The number of aryl methyl sites for hydroxylation is 1. The minimum atomic E-state index is -0.0459. The van der Waals surface area contributed by atoms with Crippen LogP contribution in [-0.4, -0.2) is 23.5 Å². The predicted octanol–water partition coefficient (Wildman–Crippen LogP) is 4.28. The Kier molecular flexibility index (Phi) is 9.21. The van der Waals surface area contributed by atoms with Crippen LogP contribution in [0.15, 0.2) is 28.8 Å². The number of hydrogen-bond acceptors (Lipinski definition) is 4. The number of carbonyl (C=O) groups excluding carboxylic acids is 1. The van der Waals surface area contributed by atoms with Crippen LogP contribution in [0.1, 0.15) is 25.2 Å². The van der Waals surface area contributed by atoms with Gasteiger partial charge in [-0.25, -0.2) is 4.98 Å². The molecule has 1 amide bonds. The molecule has 1 saturated carbocycles. The second kappa shape index (κ2) is 10.4. The number of oxazole rings is 1. The Morgan fingerprint density at radius 1 is 1.35 bits per heavy atom. The molecule has 1 atom stereocenters. The lowest BCUT2D eigenvalue weighted by molar-refractivity contribution is -0.121. The van der Waals surface area contributed by atoms with Gasteiger partial charge in [-0.05, 0) is 37.0 Å². The van der Waals surface area contributed by atoms with Gasteiger partial charge < -0.3 is 15.5 Å². The number of nitrogens with one attached hydrogen (secondary N) is 1. The number of nitrogens with zero attached hydrogens (tertiary/aromatic N) is 1. The number of amides is 1. The molecule has 0 spiro atoms. The van der Waals surface area contributed by atoms with E-state index < -0.39 is 0 Å². The number of carbonyl (C=O) groups is 1. The fraction of sp³-hybridized carbons (Fsp3) is 0.412. The Balaban J connectivity index is 0.00000169. The number of benzene rings is 1. The highest BCUT2D eigenvalue weighted by Gasteiger charge is 2.28. The minimum Gasteiger partial charge on any atom is -0.441 e. The highest BCUT2D eigenvalue weighted by atomic mass is 35.5. The van der Waals surface area contributed by atoms with Gasteiger partial charge in [-0.3, -0.25) is 4.79 Å². The van der Waals surface area contributed by atoms with E-state index in [1.807, 2.05) is 0 Å². The number of nitrogens with two attached hydrogens (primary N) is 1. The molecule has 2 aromatic rings. The van der Waals surface area contributed by atoms with Crippen molar-refractivity contribution >= 4 is 53.9 Å². The summed E-state index contributed by atoms with van der Waals surface area (Å²) >= 11 is 12.0. The lowest BCUT2D eigenvalue weighted by Gasteiger charge is -2.10. The van der Waals surface area contributed by atoms with E-state index in [-0.39, 0.29) is 36.8 Å². The first-order valence-electron chi connectivity index (χ1n) is 7.95. The quantitative estimate of drug-likeness (QED) is 0.673. The fourth-order valence-electron chi connectivity index (χ4n) is 2.47. The van der Waals surface area contributed by atoms with Crippen molar-refractivity contribution in [3.05, 3.63) is 40.3 Å². The molecule has 1 aliphatic carbocycles. The van der Waals surface area contributed by atoms with Crippen molar-refractivity contribution in [1.29, 1.82) is 0 Å². The van der Waals surface area contributed by atoms with Gasteiger partial charge in [0.25, 0.3) is 0 Å². The monoisotopic (exact) mass is 439 g/mol. The van der Waals surface area contributed by atoms with Crippen molar-refractivity contribution < 1.29 is 9.21 Å². The summed E-state index contributed by atoms with van der Waals surface area (Å²) in [6.45, 7) is 0.528. The Morgan fingerprint density at radius 3 is 2.73 bits per heavy atom. The minimum absolute atomic E-state index is 0. The van der Waals surface area contributed by atoms with Crippen LogP contribution in [0.25, 0.3) is 11.3 Å². The molecule has 1 fully saturated rings. The Bertz CT molecular complexity index is 735. The van der Waals surface area contributed by atoms with E-state index >= 15 is 0 Å². The van der Waals surface area contributed by atoms with E-state index in [0.717, 1.165) is 5.56 Å². The summed E-state index contributed by atoms with van der Waals surface area (Å²) < 4.78 is 5.67. The van der Waals surface area contributed by atoms with Gasteiger partial charge in [-0.1, -0.05) is 23.2 Å². The SMILES string of the molecule is Cl.Cl.NC(CNC(=O)CCc1ncc(-c2ccc(Cl)cc2Cl)o1)C1CC1. The first-order valence-corrected chi connectivity index (χ1v) is 8.71. The first-order chi connectivity index (χ1) is 11.5. The van der Waals surface area contributed by atoms with Gasteiger partial charge in [-0.2, -0.15) is 0 Å². The Labute approximate surface area is 174 Å². The fourth-order valence-corrected chi connectivity index (χ4v) is 2.97. The molecular weight excluding hydrogens is 420 g/mol. The molecule has 3 N–H and O–H groups in total. The van der Waals surface area contributed by atoms with Crippen LogP contribution in [-0.2, 0) is 11.2 Å². The average Bonchev–Trinajstić information content (AvgIpc) is 3.30. The molecule has 0 saturated heterocycles. The maximum atomic E-state index is 11.9. The zero-order valence-corrected chi connectivity index (χ0v) is 17.1. The smallest absolute Gasteiger partial charge is 0.220 e. The number of hydrogen-bond donors (Lipinski definition) is 2. The molecule has 5 nitrogen and oxygen atoms in total. The maximum Gasteiger partial charge on any atom is 0.220 e. The highest BCUT2D eigenvalue weighted by molar-refractivity contribution is 6.36. The lowest BCUT2D eigenvalue weighted by atomic mass is 10.2. The number of rotatable bonds is 7. The molecule has 1 aromatic heterocycles. The van der Waals surface area contributed by atoms with Gasteiger partial charge in [0.05, 0.1) is 11.2 Å². The molecule has 3 rings (SSSR count). The van der Waals surface area contributed by atoms with Gasteiger partial charge in [-0.15, -0.1) is 24.8 Å². The molecular formula is C17H21Cl4N3O2. The van der Waals surface area contributed by atoms with Crippen molar-refractivity contribution in [2.24, 2.45) is 11.7 Å². The van der Waals surface area contributed by atoms with E-state index in [4.69, 9.17) is 33.4 Å². The predicted molar refractivity (Wildman–Crippen MR) is 108 cm³/mol. The van der Waals surface area contributed by atoms with Crippen LogP contribution >= 0.6 is 48.0 Å². The molecule has 1 unspecified atom stereocenters. The Hall–Kier alpha value is -0.980. The molecule has 0 radical (unpaired) electrons. The molecule has 0 bridgehead atoms. The van der Waals surface area contributed by atoms with E-state index in [0.29, 0.717) is 47.0 Å². The van der Waals surface area contributed by atoms with Crippen LogP contribution in [0, 0.1) is 5.92 Å². The molecule has 1 aromatic carbocycles. The van der Waals surface area contributed by atoms with Crippen LogP contribution in [0.3, 0.4) is 0 Å². The summed E-state index contributed by atoms with van der Waals surface area (Å²) in [5.74, 6) is 1.58. The normalized spacial score (nSPS) is 14.1. The summed E-state index contributed by atoms with van der Waals surface area (Å²) in [7, 11) is 0. The summed E-state index contributed by atoms with van der Waals surface area (Å²) in [5.41, 5.74) is 6.68. The topological polar surface area (TPSA) is 81.1 Å². The molecule has 26 heavy (non-hydrogen) atoms. The van der Waals surface area contributed by atoms with E-state index in [9.17, 15) is 4.79 Å². The highest BCUT2D eigenvalue weighted by Crippen LogP contribution is 2.31. The van der Waals surface area contributed by atoms with Crippen molar-refractivity contribution in [2.75, 3.05) is 6.54 Å². The molecule has 0 aliphatic heterocycles.